The molecule has 0 bridgehead atoms. The topological polar surface area (TPSA) is 70.5 Å². The summed E-state index contributed by atoms with van der Waals surface area (Å²) in [5, 5.41) is 9.04. The van der Waals surface area contributed by atoms with E-state index < -0.39 is 12.5 Å². The Balaban J connectivity index is 2.38. The highest BCUT2D eigenvalue weighted by molar-refractivity contribution is 6.08. The lowest BCUT2D eigenvalue weighted by molar-refractivity contribution is -0.135. The molecule has 0 saturated carbocycles. The quantitative estimate of drug-likeness (QED) is 0.936. The largest absolute Gasteiger partial charge is 0.480 e. The van der Waals surface area contributed by atoms with Crippen LogP contribution in [-0.2, 0) is 4.79 Å². The maximum atomic E-state index is 12.5. The highest BCUT2D eigenvalue weighted by Gasteiger charge is 2.20. The van der Waals surface area contributed by atoms with E-state index in [4.69, 9.17) is 5.11 Å². The van der Waals surface area contributed by atoms with Gasteiger partial charge in [-0.15, -0.1) is 0 Å². The van der Waals surface area contributed by atoms with Crippen molar-refractivity contribution in [1.82, 2.24) is 4.98 Å². The molecule has 1 aromatic heterocycles. The third-order valence-corrected chi connectivity index (χ3v) is 3.01. The monoisotopic (exact) mass is 284 g/mol. The highest BCUT2D eigenvalue weighted by Crippen LogP contribution is 2.18. The molecule has 0 aliphatic heterocycles. The number of anilines is 1. The molecule has 0 spiro atoms. The second-order valence-corrected chi connectivity index (χ2v) is 4.87. The van der Waals surface area contributed by atoms with Gasteiger partial charge in [0.1, 0.15) is 6.54 Å². The van der Waals surface area contributed by atoms with Crippen LogP contribution < -0.4 is 4.90 Å². The second-order valence-electron chi connectivity index (χ2n) is 4.87. The van der Waals surface area contributed by atoms with Crippen molar-refractivity contribution in [2.24, 2.45) is 0 Å². The number of carboxylic acid groups (broad SMARTS) is 1. The molecule has 0 radical (unpaired) electrons. The van der Waals surface area contributed by atoms with Gasteiger partial charge in [-0.05, 0) is 37.6 Å². The van der Waals surface area contributed by atoms with Crippen LogP contribution in [0.25, 0.3) is 0 Å². The first-order valence-electron chi connectivity index (χ1n) is 6.49. The molecule has 0 aliphatic rings. The highest BCUT2D eigenvalue weighted by atomic mass is 16.4. The minimum atomic E-state index is -1.07. The van der Waals surface area contributed by atoms with Gasteiger partial charge < -0.3 is 5.11 Å². The van der Waals surface area contributed by atoms with Gasteiger partial charge in [-0.1, -0.05) is 17.7 Å². The van der Waals surface area contributed by atoms with Crippen LogP contribution in [0, 0.1) is 13.8 Å². The number of benzene rings is 1. The van der Waals surface area contributed by atoms with Crippen LogP contribution in [-0.4, -0.2) is 28.5 Å². The van der Waals surface area contributed by atoms with E-state index in [-0.39, 0.29) is 5.91 Å². The van der Waals surface area contributed by atoms with Crippen LogP contribution in [0.5, 0.6) is 0 Å². The number of hydrogen-bond donors (Lipinski definition) is 1. The molecule has 0 atom stereocenters. The molecule has 1 N–H and O–H groups in total. The standard InChI is InChI=1S/C16H16N2O3/c1-11-3-5-14(6-4-11)18(10-15(19)20)16(21)13-7-12(2)8-17-9-13/h3-9H,10H2,1-2H3,(H,19,20). The summed E-state index contributed by atoms with van der Waals surface area (Å²) in [5.41, 5.74) is 2.81. The van der Waals surface area contributed by atoms with Crippen LogP contribution in [0.15, 0.2) is 42.7 Å². The third-order valence-electron chi connectivity index (χ3n) is 3.01. The normalized spacial score (nSPS) is 10.2. The molecular formula is C16H16N2O3. The molecule has 2 aromatic rings. The Hall–Kier alpha value is -2.69. The molecule has 0 unspecified atom stereocenters. The van der Waals surface area contributed by atoms with E-state index in [1.165, 1.54) is 11.1 Å². The number of aryl methyl sites for hydroxylation is 2. The smallest absolute Gasteiger partial charge is 0.323 e. The molecule has 1 heterocycles. The van der Waals surface area contributed by atoms with E-state index in [1.54, 1.807) is 24.4 Å². The number of hydrogen-bond acceptors (Lipinski definition) is 3. The number of amides is 1. The van der Waals surface area contributed by atoms with Crippen molar-refractivity contribution < 1.29 is 14.7 Å². The van der Waals surface area contributed by atoms with Crippen molar-refractivity contribution in [1.29, 1.82) is 0 Å². The minimum absolute atomic E-state index is 0.372. The first kappa shape index (κ1) is 14.7. The number of aliphatic carboxylic acids is 1. The second kappa shape index (κ2) is 6.17. The maximum absolute atomic E-state index is 12.5. The van der Waals surface area contributed by atoms with Gasteiger partial charge in [-0.25, -0.2) is 0 Å². The van der Waals surface area contributed by atoms with Crippen molar-refractivity contribution in [3.8, 4) is 0 Å². The molecular weight excluding hydrogens is 268 g/mol. The SMILES string of the molecule is Cc1ccc(N(CC(=O)O)C(=O)c2cncc(C)c2)cc1. The minimum Gasteiger partial charge on any atom is -0.480 e. The zero-order valence-electron chi connectivity index (χ0n) is 11.9. The van der Waals surface area contributed by atoms with E-state index in [2.05, 4.69) is 4.98 Å². The molecule has 108 valence electrons. The first-order valence-corrected chi connectivity index (χ1v) is 6.49. The Morgan fingerprint density at radius 2 is 1.76 bits per heavy atom. The Morgan fingerprint density at radius 1 is 1.10 bits per heavy atom. The number of carboxylic acids is 1. The lowest BCUT2D eigenvalue weighted by Crippen LogP contribution is -2.35. The lowest BCUT2D eigenvalue weighted by Gasteiger charge is -2.21. The molecule has 5 heteroatoms. The molecule has 1 amide bonds. The number of rotatable bonds is 4. The Labute approximate surface area is 122 Å². The van der Waals surface area contributed by atoms with Crippen molar-refractivity contribution in [2.45, 2.75) is 13.8 Å². The summed E-state index contributed by atoms with van der Waals surface area (Å²) in [6.45, 7) is 3.37. The van der Waals surface area contributed by atoms with Crippen LogP contribution >= 0.6 is 0 Å². The number of nitrogens with zero attached hydrogens (tertiary/aromatic N) is 2. The molecule has 0 aliphatic carbocycles. The van der Waals surface area contributed by atoms with Crippen LogP contribution in [0.1, 0.15) is 21.5 Å². The average Bonchev–Trinajstić information content (AvgIpc) is 2.45. The summed E-state index contributed by atoms with van der Waals surface area (Å²) in [7, 11) is 0. The van der Waals surface area contributed by atoms with Crippen LogP contribution in [0.2, 0.25) is 0 Å². The van der Waals surface area contributed by atoms with Gasteiger partial charge in [0.25, 0.3) is 5.91 Å². The summed E-state index contributed by atoms with van der Waals surface area (Å²) in [6, 6.07) is 8.84. The Morgan fingerprint density at radius 3 is 2.33 bits per heavy atom. The summed E-state index contributed by atoms with van der Waals surface area (Å²) >= 11 is 0. The van der Waals surface area contributed by atoms with Crippen molar-refractivity contribution >= 4 is 17.6 Å². The van der Waals surface area contributed by atoms with Gasteiger partial charge >= 0.3 is 5.97 Å². The van der Waals surface area contributed by atoms with Crippen LogP contribution in [0.4, 0.5) is 5.69 Å². The zero-order chi connectivity index (χ0) is 15.4. The van der Waals surface area contributed by atoms with Crippen molar-refractivity contribution in [3.63, 3.8) is 0 Å². The fourth-order valence-corrected chi connectivity index (χ4v) is 1.97. The molecule has 1 aromatic carbocycles. The fourth-order valence-electron chi connectivity index (χ4n) is 1.97. The Kier molecular flexibility index (Phi) is 4.33. The molecule has 2 rings (SSSR count). The van der Waals surface area contributed by atoms with E-state index in [0.717, 1.165) is 11.1 Å². The summed E-state index contributed by atoms with van der Waals surface area (Å²) in [5.74, 6) is -1.44. The van der Waals surface area contributed by atoms with Gasteiger partial charge in [0, 0.05) is 18.1 Å². The number of pyridine rings is 1. The summed E-state index contributed by atoms with van der Waals surface area (Å²) in [6.07, 6.45) is 3.09. The Bertz CT molecular complexity index is 665. The maximum Gasteiger partial charge on any atom is 0.323 e. The molecule has 0 saturated heterocycles. The van der Waals surface area contributed by atoms with Crippen molar-refractivity contribution in [3.05, 3.63) is 59.4 Å². The third kappa shape index (κ3) is 3.66. The van der Waals surface area contributed by atoms with Gasteiger partial charge in [0.15, 0.2) is 0 Å². The van der Waals surface area contributed by atoms with Crippen LogP contribution in [0.3, 0.4) is 0 Å². The van der Waals surface area contributed by atoms with Crippen molar-refractivity contribution in [2.75, 3.05) is 11.4 Å². The number of carbonyl (C=O) groups is 2. The molecule has 5 nitrogen and oxygen atoms in total. The van der Waals surface area contributed by atoms with E-state index >= 15 is 0 Å². The summed E-state index contributed by atoms with van der Waals surface area (Å²) < 4.78 is 0. The fraction of sp³-hybridized carbons (Fsp3) is 0.188. The van der Waals surface area contributed by atoms with E-state index in [0.29, 0.717) is 11.3 Å². The van der Waals surface area contributed by atoms with E-state index in [9.17, 15) is 9.59 Å². The molecule has 21 heavy (non-hydrogen) atoms. The van der Waals surface area contributed by atoms with Gasteiger partial charge in [0.05, 0.1) is 5.56 Å². The first-order chi connectivity index (χ1) is 9.97. The average molecular weight is 284 g/mol. The number of aromatic nitrogens is 1. The van der Waals surface area contributed by atoms with E-state index in [1.807, 2.05) is 26.0 Å². The van der Waals surface area contributed by atoms with Gasteiger partial charge in [0.2, 0.25) is 0 Å². The number of carbonyl (C=O) groups excluding carboxylic acids is 1. The predicted octanol–water partition coefficient (Wildman–Crippen LogP) is 2.43. The van der Waals surface area contributed by atoms with Gasteiger partial charge in [-0.2, -0.15) is 0 Å². The summed E-state index contributed by atoms with van der Waals surface area (Å²) in [4.78, 5) is 28.8. The molecule has 0 fully saturated rings. The zero-order valence-corrected chi connectivity index (χ0v) is 11.9. The lowest BCUT2D eigenvalue weighted by atomic mass is 10.1. The predicted molar refractivity (Wildman–Crippen MR) is 79.5 cm³/mol. The van der Waals surface area contributed by atoms with Gasteiger partial charge in [-0.3, -0.25) is 19.5 Å².